The minimum absolute atomic E-state index is 0.226. The Morgan fingerprint density at radius 3 is 2.72 bits per heavy atom. The lowest BCUT2D eigenvalue weighted by molar-refractivity contribution is 0.102. The van der Waals surface area contributed by atoms with E-state index in [0.717, 1.165) is 16.9 Å². The Labute approximate surface area is 111 Å². The van der Waals surface area contributed by atoms with Crippen molar-refractivity contribution < 1.29 is 4.79 Å². The number of para-hydroxylation sites is 1. The lowest BCUT2D eigenvalue weighted by Gasteiger charge is -2.08. The highest BCUT2D eigenvalue weighted by molar-refractivity contribution is 6.17. The number of pyridine rings is 1. The number of halogens is 1. The van der Waals surface area contributed by atoms with Crippen molar-refractivity contribution in [2.45, 2.75) is 12.8 Å². The quantitative estimate of drug-likeness (QED) is 0.860. The third-order valence-corrected chi connectivity index (χ3v) is 2.82. The van der Waals surface area contributed by atoms with Crippen LogP contribution in [0.5, 0.6) is 0 Å². The number of rotatable bonds is 3. The van der Waals surface area contributed by atoms with E-state index < -0.39 is 0 Å². The molecule has 18 heavy (non-hydrogen) atoms. The Balaban J connectivity index is 2.21. The summed E-state index contributed by atoms with van der Waals surface area (Å²) in [5, 5.41) is 2.82. The van der Waals surface area contributed by atoms with E-state index in [-0.39, 0.29) is 5.91 Å². The molecule has 3 nitrogen and oxygen atoms in total. The van der Waals surface area contributed by atoms with Crippen LogP contribution in [0.15, 0.2) is 42.5 Å². The van der Waals surface area contributed by atoms with E-state index in [0.29, 0.717) is 11.6 Å². The van der Waals surface area contributed by atoms with Crippen molar-refractivity contribution >= 4 is 23.2 Å². The Morgan fingerprint density at radius 1 is 1.22 bits per heavy atom. The van der Waals surface area contributed by atoms with Crippen LogP contribution in [0.1, 0.15) is 21.7 Å². The van der Waals surface area contributed by atoms with Crippen LogP contribution >= 0.6 is 11.6 Å². The molecule has 0 spiro atoms. The van der Waals surface area contributed by atoms with Gasteiger partial charge in [0.25, 0.3) is 5.91 Å². The molecule has 0 radical (unpaired) electrons. The average molecular weight is 261 g/mol. The Morgan fingerprint density at radius 2 is 2.00 bits per heavy atom. The summed E-state index contributed by atoms with van der Waals surface area (Å²) >= 11 is 5.82. The normalized spacial score (nSPS) is 10.1. The van der Waals surface area contributed by atoms with E-state index in [9.17, 15) is 4.79 Å². The SMILES string of the molecule is Cc1cccc(C(=O)Nc2ccccc2CCl)n1. The summed E-state index contributed by atoms with van der Waals surface area (Å²) in [5.74, 6) is 0.133. The van der Waals surface area contributed by atoms with Gasteiger partial charge in [0, 0.05) is 17.3 Å². The molecule has 0 aliphatic heterocycles. The van der Waals surface area contributed by atoms with Crippen molar-refractivity contribution in [2.24, 2.45) is 0 Å². The number of carbonyl (C=O) groups is 1. The zero-order chi connectivity index (χ0) is 13.0. The number of hydrogen-bond acceptors (Lipinski definition) is 2. The maximum absolute atomic E-state index is 12.0. The van der Waals surface area contributed by atoms with Crippen molar-refractivity contribution in [1.82, 2.24) is 4.98 Å². The number of carbonyl (C=O) groups excluding carboxylic acids is 1. The predicted octanol–water partition coefficient (Wildman–Crippen LogP) is 3.38. The Kier molecular flexibility index (Phi) is 3.95. The molecule has 1 amide bonds. The second-order valence-corrected chi connectivity index (χ2v) is 4.18. The first-order valence-corrected chi connectivity index (χ1v) is 6.13. The number of nitrogens with one attached hydrogen (secondary N) is 1. The first kappa shape index (κ1) is 12.6. The molecule has 0 unspecified atom stereocenters. The molecule has 0 saturated heterocycles. The van der Waals surface area contributed by atoms with Crippen molar-refractivity contribution in [3.8, 4) is 0 Å². The van der Waals surface area contributed by atoms with Crippen LogP contribution in [0, 0.1) is 6.92 Å². The van der Waals surface area contributed by atoms with Gasteiger partial charge in [0.15, 0.2) is 0 Å². The third kappa shape index (κ3) is 2.87. The molecule has 2 rings (SSSR count). The molecule has 0 aliphatic rings. The summed E-state index contributed by atoms with van der Waals surface area (Å²) in [6, 6.07) is 12.8. The average Bonchev–Trinajstić information content (AvgIpc) is 2.39. The number of amides is 1. The van der Waals surface area contributed by atoms with Gasteiger partial charge in [0.05, 0.1) is 0 Å². The number of hydrogen-bond donors (Lipinski definition) is 1. The van der Waals surface area contributed by atoms with Gasteiger partial charge in [-0.15, -0.1) is 11.6 Å². The number of aromatic nitrogens is 1. The van der Waals surface area contributed by atoms with E-state index >= 15 is 0 Å². The van der Waals surface area contributed by atoms with Crippen LogP contribution in [0.2, 0.25) is 0 Å². The fraction of sp³-hybridized carbons (Fsp3) is 0.143. The Hall–Kier alpha value is -1.87. The molecule has 4 heteroatoms. The van der Waals surface area contributed by atoms with E-state index in [1.165, 1.54) is 0 Å². The van der Waals surface area contributed by atoms with Crippen LogP contribution in [-0.4, -0.2) is 10.9 Å². The second-order valence-electron chi connectivity index (χ2n) is 3.91. The maximum atomic E-state index is 12.0. The molecule has 0 saturated carbocycles. The van der Waals surface area contributed by atoms with Crippen LogP contribution in [0.3, 0.4) is 0 Å². The summed E-state index contributed by atoms with van der Waals surface area (Å²) in [6.07, 6.45) is 0. The lowest BCUT2D eigenvalue weighted by Crippen LogP contribution is -2.14. The molecular weight excluding hydrogens is 248 g/mol. The predicted molar refractivity (Wildman–Crippen MR) is 72.9 cm³/mol. The van der Waals surface area contributed by atoms with Gasteiger partial charge in [-0.2, -0.15) is 0 Å². The van der Waals surface area contributed by atoms with Gasteiger partial charge in [-0.25, -0.2) is 4.98 Å². The summed E-state index contributed by atoms with van der Waals surface area (Å²) in [5.41, 5.74) is 2.83. The molecule has 0 bridgehead atoms. The molecule has 1 N–H and O–H groups in total. The minimum Gasteiger partial charge on any atom is -0.320 e. The fourth-order valence-electron chi connectivity index (χ4n) is 1.61. The molecule has 1 heterocycles. The van der Waals surface area contributed by atoms with Crippen molar-refractivity contribution in [3.63, 3.8) is 0 Å². The molecule has 2 aromatic rings. The van der Waals surface area contributed by atoms with Crippen molar-refractivity contribution in [1.29, 1.82) is 0 Å². The van der Waals surface area contributed by atoms with Gasteiger partial charge < -0.3 is 5.32 Å². The van der Waals surface area contributed by atoms with Gasteiger partial charge in [-0.05, 0) is 30.7 Å². The van der Waals surface area contributed by atoms with E-state index in [1.54, 1.807) is 6.07 Å². The monoisotopic (exact) mass is 260 g/mol. The fourth-order valence-corrected chi connectivity index (χ4v) is 1.85. The molecule has 1 aromatic heterocycles. The van der Waals surface area contributed by atoms with Gasteiger partial charge in [0.2, 0.25) is 0 Å². The zero-order valence-corrected chi connectivity index (χ0v) is 10.7. The van der Waals surface area contributed by atoms with Crippen LogP contribution in [0.25, 0.3) is 0 Å². The number of nitrogens with zero attached hydrogens (tertiary/aromatic N) is 1. The number of aryl methyl sites for hydroxylation is 1. The third-order valence-electron chi connectivity index (χ3n) is 2.53. The van der Waals surface area contributed by atoms with Crippen molar-refractivity contribution in [3.05, 3.63) is 59.4 Å². The number of benzene rings is 1. The van der Waals surface area contributed by atoms with Gasteiger partial charge in [0.1, 0.15) is 5.69 Å². The highest BCUT2D eigenvalue weighted by atomic mass is 35.5. The van der Waals surface area contributed by atoms with Crippen molar-refractivity contribution in [2.75, 3.05) is 5.32 Å². The molecule has 0 aliphatic carbocycles. The first-order chi connectivity index (χ1) is 8.70. The van der Waals surface area contributed by atoms with E-state index in [2.05, 4.69) is 10.3 Å². The van der Waals surface area contributed by atoms with E-state index in [4.69, 9.17) is 11.6 Å². The van der Waals surface area contributed by atoms with Gasteiger partial charge in [-0.3, -0.25) is 4.79 Å². The van der Waals surface area contributed by atoms with Crippen LogP contribution < -0.4 is 5.32 Å². The largest absolute Gasteiger partial charge is 0.320 e. The zero-order valence-electron chi connectivity index (χ0n) is 9.98. The standard InChI is InChI=1S/C14H13ClN2O/c1-10-5-4-8-13(16-10)14(18)17-12-7-3-2-6-11(12)9-15/h2-8H,9H2,1H3,(H,17,18). The summed E-state index contributed by atoms with van der Waals surface area (Å²) in [6.45, 7) is 1.85. The second kappa shape index (κ2) is 5.65. The molecule has 92 valence electrons. The minimum atomic E-state index is -0.226. The molecular formula is C14H13ClN2O. The molecule has 0 fully saturated rings. The van der Waals surface area contributed by atoms with Gasteiger partial charge in [-0.1, -0.05) is 24.3 Å². The number of anilines is 1. The summed E-state index contributed by atoms with van der Waals surface area (Å²) < 4.78 is 0. The highest BCUT2D eigenvalue weighted by Crippen LogP contribution is 2.17. The highest BCUT2D eigenvalue weighted by Gasteiger charge is 2.09. The summed E-state index contributed by atoms with van der Waals surface area (Å²) in [7, 11) is 0. The smallest absolute Gasteiger partial charge is 0.274 e. The Bertz CT molecular complexity index is 569. The summed E-state index contributed by atoms with van der Waals surface area (Å²) in [4.78, 5) is 16.2. The molecule has 1 aromatic carbocycles. The molecule has 0 atom stereocenters. The first-order valence-electron chi connectivity index (χ1n) is 5.59. The van der Waals surface area contributed by atoms with Gasteiger partial charge >= 0.3 is 0 Å². The topological polar surface area (TPSA) is 42.0 Å². The maximum Gasteiger partial charge on any atom is 0.274 e. The van der Waals surface area contributed by atoms with E-state index in [1.807, 2.05) is 43.3 Å². The van der Waals surface area contributed by atoms with Crippen LogP contribution in [0.4, 0.5) is 5.69 Å². The lowest BCUT2D eigenvalue weighted by atomic mass is 10.2. The van der Waals surface area contributed by atoms with Crippen LogP contribution in [-0.2, 0) is 5.88 Å². The number of alkyl halides is 1.